The number of carboxylic acid groups (broad SMARTS) is 1. The van der Waals surface area contributed by atoms with Crippen LogP contribution in [-0.2, 0) is 24.2 Å². The Balaban J connectivity index is 2.00. The molecular formula is C23H25N3O4. The molecule has 1 heterocycles. The van der Waals surface area contributed by atoms with Gasteiger partial charge in [0.2, 0.25) is 0 Å². The van der Waals surface area contributed by atoms with Gasteiger partial charge in [-0.3, -0.25) is 9.59 Å². The average Bonchev–Trinajstić information content (AvgIpc) is 2.72. The molecule has 1 aromatic heterocycles. The smallest absolute Gasteiger partial charge is 0.330 e. The number of pyridine rings is 1. The van der Waals surface area contributed by atoms with Crippen molar-refractivity contribution < 1.29 is 14.7 Å². The van der Waals surface area contributed by atoms with E-state index in [9.17, 15) is 19.5 Å². The predicted octanol–water partition coefficient (Wildman–Crippen LogP) is 2.98. The fraction of sp³-hybridized carbons (Fsp3) is 0.391. The lowest BCUT2D eigenvalue weighted by molar-refractivity contribution is -0.139. The van der Waals surface area contributed by atoms with Gasteiger partial charge in [-0.2, -0.15) is 5.26 Å². The summed E-state index contributed by atoms with van der Waals surface area (Å²) in [6.45, 7) is 0.222. The molecule has 156 valence electrons. The second-order valence-electron chi connectivity index (χ2n) is 7.46. The summed E-state index contributed by atoms with van der Waals surface area (Å²) in [6, 6.07) is 10.8. The van der Waals surface area contributed by atoms with Gasteiger partial charge in [-0.05, 0) is 42.9 Å². The summed E-state index contributed by atoms with van der Waals surface area (Å²) in [7, 11) is 0. The number of nitrogens with zero attached hydrogens (tertiary/aromatic N) is 2. The van der Waals surface area contributed by atoms with Gasteiger partial charge in [0.15, 0.2) is 6.04 Å². The summed E-state index contributed by atoms with van der Waals surface area (Å²) in [5.41, 5.74) is 1.71. The highest BCUT2D eigenvalue weighted by Gasteiger charge is 2.26. The number of aliphatic carboxylic acids is 1. The molecule has 1 aliphatic rings. The second kappa shape index (κ2) is 9.88. The van der Waals surface area contributed by atoms with E-state index in [4.69, 9.17) is 5.26 Å². The predicted molar refractivity (Wildman–Crippen MR) is 111 cm³/mol. The molecule has 0 unspecified atom stereocenters. The molecule has 2 N–H and O–H groups in total. The van der Waals surface area contributed by atoms with E-state index >= 15 is 0 Å². The zero-order valence-corrected chi connectivity index (χ0v) is 16.8. The lowest BCUT2D eigenvalue weighted by atomic mass is 9.95. The molecular weight excluding hydrogens is 382 g/mol. The lowest BCUT2D eigenvalue weighted by Crippen LogP contribution is -2.39. The van der Waals surface area contributed by atoms with Crippen molar-refractivity contribution >= 4 is 11.9 Å². The van der Waals surface area contributed by atoms with Crippen molar-refractivity contribution in [2.45, 2.75) is 57.5 Å². The molecule has 1 atom stereocenters. The van der Waals surface area contributed by atoms with E-state index in [0.29, 0.717) is 5.56 Å². The largest absolute Gasteiger partial charge is 0.479 e. The Labute approximate surface area is 175 Å². The first kappa shape index (κ1) is 21.3. The maximum Gasteiger partial charge on any atom is 0.330 e. The normalized spacial score (nSPS) is 14.5. The van der Waals surface area contributed by atoms with Crippen LogP contribution in [0.2, 0.25) is 0 Å². The third-order valence-corrected chi connectivity index (χ3v) is 5.45. The van der Waals surface area contributed by atoms with Crippen LogP contribution in [0.3, 0.4) is 0 Å². The number of hydrogen-bond donors (Lipinski definition) is 2. The van der Waals surface area contributed by atoms with Crippen LogP contribution >= 0.6 is 0 Å². The lowest BCUT2D eigenvalue weighted by Gasteiger charge is -2.21. The number of carbonyl (C=O) groups excluding carboxylic acids is 1. The number of carboxylic acids is 1. The number of benzene rings is 1. The molecule has 7 nitrogen and oxygen atoms in total. The summed E-state index contributed by atoms with van der Waals surface area (Å²) in [5, 5.41) is 21.1. The van der Waals surface area contributed by atoms with Gasteiger partial charge in [0.1, 0.15) is 5.56 Å². The fourth-order valence-electron chi connectivity index (χ4n) is 3.94. The Kier molecular flexibility index (Phi) is 7.02. The van der Waals surface area contributed by atoms with Gasteiger partial charge in [-0.1, -0.05) is 43.2 Å². The minimum Gasteiger partial charge on any atom is -0.479 e. The summed E-state index contributed by atoms with van der Waals surface area (Å²) in [6.07, 6.45) is 5.76. The van der Waals surface area contributed by atoms with E-state index in [-0.39, 0.29) is 18.5 Å². The number of aryl methyl sites for hydroxylation is 1. The Morgan fingerprint density at radius 2 is 1.83 bits per heavy atom. The number of fused-ring (bicyclic) bond motifs is 1. The van der Waals surface area contributed by atoms with Crippen molar-refractivity contribution in [2.24, 2.45) is 0 Å². The number of hydrogen-bond acceptors (Lipinski definition) is 4. The maximum absolute atomic E-state index is 13.1. The number of nitriles is 1. The molecule has 0 aliphatic heterocycles. The van der Waals surface area contributed by atoms with Gasteiger partial charge >= 0.3 is 5.97 Å². The average molecular weight is 407 g/mol. The number of nitrogens with one attached hydrogen (secondary N) is 1. The van der Waals surface area contributed by atoms with E-state index in [1.807, 2.05) is 0 Å². The summed E-state index contributed by atoms with van der Waals surface area (Å²) in [5.74, 6) is -1.92. The number of amides is 1. The highest BCUT2D eigenvalue weighted by atomic mass is 16.4. The number of aromatic nitrogens is 1. The SMILES string of the molecule is N#CCCn1c2c(cc(C(=O)N[C@@H](C(=O)O)c3ccccc3)c1=O)CCCCCC2. The molecule has 0 spiro atoms. The van der Waals surface area contributed by atoms with E-state index in [1.54, 1.807) is 36.4 Å². The first-order chi connectivity index (χ1) is 14.5. The second-order valence-corrected chi connectivity index (χ2v) is 7.46. The first-order valence-corrected chi connectivity index (χ1v) is 10.2. The number of carbonyl (C=O) groups is 2. The summed E-state index contributed by atoms with van der Waals surface area (Å²) in [4.78, 5) is 37.8. The van der Waals surface area contributed by atoms with Crippen molar-refractivity contribution in [3.8, 4) is 6.07 Å². The standard InChI is InChI=1S/C23H25N3O4/c24-13-8-14-26-19-12-7-2-1-4-11-17(19)15-18(22(26)28)21(27)25-20(23(29)30)16-9-5-3-6-10-16/h3,5-6,9-10,15,20H,1-2,4,7-8,11-12,14H2,(H,25,27)(H,29,30)/t20-/m1/s1. The molecule has 0 radical (unpaired) electrons. The zero-order valence-electron chi connectivity index (χ0n) is 16.8. The molecule has 30 heavy (non-hydrogen) atoms. The molecule has 3 rings (SSSR count). The Morgan fingerprint density at radius 3 is 2.50 bits per heavy atom. The molecule has 1 aliphatic carbocycles. The van der Waals surface area contributed by atoms with Crippen LogP contribution in [0.5, 0.6) is 0 Å². The fourth-order valence-corrected chi connectivity index (χ4v) is 3.94. The molecule has 0 bridgehead atoms. The van der Waals surface area contributed by atoms with Gasteiger partial charge in [-0.25, -0.2) is 4.79 Å². The van der Waals surface area contributed by atoms with Crippen LogP contribution < -0.4 is 10.9 Å². The highest BCUT2D eigenvalue weighted by molar-refractivity contribution is 5.96. The van der Waals surface area contributed by atoms with Crippen LogP contribution in [0.4, 0.5) is 0 Å². The Bertz CT molecular complexity index is 1020. The quantitative estimate of drug-likeness (QED) is 0.764. The third-order valence-electron chi connectivity index (χ3n) is 5.45. The maximum atomic E-state index is 13.1. The van der Waals surface area contributed by atoms with E-state index in [2.05, 4.69) is 11.4 Å². The highest BCUT2D eigenvalue weighted by Crippen LogP contribution is 2.21. The van der Waals surface area contributed by atoms with Gasteiger partial charge in [0.25, 0.3) is 11.5 Å². The monoisotopic (exact) mass is 407 g/mol. The molecule has 1 amide bonds. The van der Waals surface area contributed by atoms with Crippen LogP contribution in [0.25, 0.3) is 0 Å². The van der Waals surface area contributed by atoms with Crippen molar-refractivity contribution in [3.05, 3.63) is 69.1 Å². The van der Waals surface area contributed by atoms with Crippen molar-refractivity contribution in [2.75, 3.05) is 0 Å². The first-order valence-electron chi connectivity index (χ1n) is 10.2. The van der Waals surface area contributed by atoms with Crippen LogP contribution in [0, 0.1) is 11.3 Å². The summed E-state index contributed by atoms with van der Waals surface area (Å²) < 4.78 is 1.54. The molecule has 0 saturated heterocycles. The number of rotatable bonds is 6. The van der Waals surface area contributed by atoms with E-state index in [1.165, 1.54) is 4.57 Å². The topological polar surface area (TPSA) is 112 Å². The van der Waals surface area contributed by atoms with Crippen molar-refractivity contribution in [1.82, 2.24) is 9.88 Å². The van der Waals surface area contributed by atoms with Crippen LogP contribution in [0.1, 0.15) is 65.3 Å². The van der Waals surface area contributed by atoms with Crippen molar-refractivity contribution in [1.29, 1.82) is 5.26 Å². The van der Waals surface area contributed by atoms with Crippen LogP contribution in [-0.4, -0.2) is 21.6 Å². The Hall–Kier alpha value is -3.40. The third kappa shape index (κ3) is 4.77. The summed E-state index contributed by atoms with van der Waals surface area (Å²) >= 11 is 0. The Morgan fingerprint density at radius 1 is 1.13 bits per heavy atom. The molecule has 1 aromatic carbocycles. The van der Waals surface area contributed by atoms with E-state index in [0.717, 1.165) is 49.8 Å². The van der Waals surface area contributed by atoms with E-state index < -0.39 is 23.5 Å². The molecule has 0 fully saturated rings. The minimum atomic E-state index is -1.26. The van der Waals surface area contributed by atoms with Gasteiger partial charge < -0.3 is 15.0 Å². The molecule has 7 heteroatoms. The zero-order chi connectivity index (χ0) is 21.5. The van der Waals surface area contributed by atoms with Crippen LogP contribution in [0.15, 0.2) is 41.2 Å². The van der Waals surface area contributed by atoms with Gasteiger partial charge in [-0.15, -0.1) is 0 Å². The van der Waals surface area contributed by atoms with Gasteiger partial charge in [0.05, 0.1) is 12.5 Å². The van der Waals surface area contributed by atoms with Crippen molar-refractivity contribution in [3.63, 3.8) is 0 Å². The minimum absolute atomic E-state index is 0.0746. The molecule has 2 aromatic rings. The van der Waals surface area contributed by atoms with Gasteiger partial charge in [0, 0.05) is 12.2 Å². The molecule has 0 saturated carbocycles.